The van der Waals surface area contributed by atoms with Crippen LogP contribution >= 0.6 is 0 Å². The van der Waals surface area contributed by atoms with Gasteiger partial charge in [-0.15, -0.1) is 0 Å². The van der Waals surface area contributed by atoms with Crippen LogP contribution in [0.4, 0.5) is 0 Å². The number of hydrogen-bond donors (Lipinski definition) is 3. The van der Waals surface area contributed by atoms with Crippen molar-refractivity contribution in [1.82, 2.24) is 5.32 Å². The van der Waals surface area contributed by atoms with Gasteiger partial charge in [0, 0.05) is 13.0 Å². The Kier molecular flexibility index (Phi) is 8.18. The quantitative estimate of drug-likeness (QED) is 0.403. The first-order valence-electron chi connectivity index (χ1n) is 15.4. The maximum Gasteiger partial charge on any atom is 0.220 e. The first kappa shape index (κ1) is 28.0. The van der Waals surface area contributed by atoms with E-state index in [0.717, 1.165) is 49.8 Å². The van der Waals surface area contributed by atoms with Gasteiger partial charge in [0.1, 0.15) is 5.75 Å². The van der Waals surface area contributed by atoms with Crippen molar-refractivity contribution < 1.29 is 19.7 Å². The van der Waals surface area contributed by atoms with Crippen molar-refractivity contribution in [3.05, 3.63) is 29.8 Å². The molecule has 4 aliphatic carbocycles. The smallest absolute Gasteiger partial charge is 0.220 e. The molecule has 4 saturated carbocycles. The van der Waals surface area contributed by atoms with Crippen LogP contribution in [-0.4, -0.2) is 42.0 Å². The fraction of sp³-hybridized carbons (Fsp3) is 0.788. The second-order valence-corrected chi connectivity index (χ2v) is 13.9. The van der Waals surface area contributed by atoms with Crippen molar-refractivity contribution in [3.8, 4) is 5.75 Å². The molecule has 0 aromatic heterocycles. The van der Waals surface area contributed by atoms with Crippen molar-refractivity contribution >= 4 is 5.91 Å². The molecule has 0 bridgehead atoms. The SMILES string of the molecule is COc1ccccc1CCNC(=O)CC[C@@H](C)[C@H]1CC[C@H]2[C@@H]3[C@@H](O)C[C@@H]4C[C@H](O)CC[C@]4(C)[C@H]3CC[C@]12C. The van der Waals surface area contributed by atoms with Crippen LogP contribution in [0.15, 0.2) is 24.3 Å². The fourth-order valence-electron chi connectivity index (χ4n) is 10.1. The van der Waals surface area contributed by atoms with Crippen LogP contribution in [0.1, 0.15) is 90.5 Å². The van der Waals surface area contributed by atoms with Gasteiger partial charge in [-0.1, -0.05) is 39.0 Å². The van der Waals surface area contributed by atoms with E-state index in [4.69, 9.17) is 4.74 Å². The Balaban J connectivity index is 1.16. The molecule has 10 atom stereocenters. The third-order valence-corrected chi connectivity index (χ3v) is 12.2. The van der Waals surface area contributed by atoms with Gasteiger partial charge in [-0.05, 0) is 122 Å². The van der Waals surface area contributed by atoms with Crippen molar-refractivity contribution in [1.29, 1.82) is 0 Å². The van der Waals surface area contributed by atoms with Gasteiger partial charge in [0.05, 0.1) is 19.3 Å². The van der Waals surface area contributed by atoms with E-state index in [1.165, 1.54) is 25.7 Å². The lowest BCUT2D eigenvalue weighted by Gasteiger charge is -2.62. The summed E-state index contributed by atoms with van der Waals surface area (Å²) in [5.41, 5.74) is 1.66. The van der Waals surface area contributed by atoms with Crippen molar-refractivity contribution in [2.24, 2.45) is 46.3 Å². The first-order chi connectivity index (χ1) is 18.2. The normalized spacial score (nSPS) is 40.9. The third-order valence-electron chi connectivity index (χ3n) is 12.2. The molecule has 3 N–H and O–H groups in total. The molecule has 0 heterocycles. The number of aliphatic hydroxyl groups excluding tert-OH is 2. The molecule has 5 nitrogen and oxygen atoms in total. The van der Waals surface area contributed by atoms with E-state index in [1.807, 2.05) is 18.2 Å². The Morgan fingerprint density at radius 2 is 1.79 bits per heavy atom. The molecule has 5 rings (SSSR count). The maximum absolute atomic E-state index is 12.7. The monoisotopic (exact) mass is 525 g/mol. The maximum atomic E-state index is 12.7. The highest BCUT2D eigenvalue weighted by molar-refractivity contribution is 5.75. The molecule has 1 aromatic rings. The zero-order valence-corrected chi connectivity index (χ0v) is 24.1. The van der Waals surface area contributed by atoms with E-state index in [0.29, 0.717) is 48.5 Å². The van der Waals surface area contributed by atoms with Gasteiger partial charge in [-0.3, -0.25) is 4.79 Å². The Hall–Kier alpha value is -1.59. The molecular weight excluding hydrogens is 474 g/mol. The van der Waals surface area contributed by atoms with Gasteiger partial charge in [-0.25, -0.2) is 0 Å². The molecule has 212 valence electrons. The Labute approximate surface area is 230 Å². The number of carbonyl (C=O) groups is 1. The number of carbonyl (C=O) groups excluding carboxylic acids is 1. The molecule has 0 unspecified atom stereocenters. The summed E-state index contributed by atoms with van der Waals surface area (Å²) < 4.78 is 5.43. The Morgan fingerprint density at radius 3 is 2.58 bits per heavy atom. The van der Waals surface area contributed by atoms with E-state index in [1.54, 1.807) is 7.11 Å². The molecule has 0 aliphatic heterocycles. The molecule has 38 heavy (non-hydrogen) atoms. The summed E-state index contributed by atoms with van der Waals surface area (Å²) in [6.45, 7) is 8.00. The lowest BCUT2D eigenvalue weighted by Crippen LogP contribution is -2.58. The van der Waals surface area contributed by atoms with E-state index in [2.05, 4.69) is 32.2 Å². The molecule has 4 aliphatic rings. The molecule has 0 spiro atoms. The number of benzene rings is 1. The van der Waals surface area contributed by atoms with Crippen molar-refractivity contribution in [2.75, 3.05) is 13.7 Å². The second-order valence-electron chi connectivity index (χ2n) is 13.9. The van der Waals surface area contributed by atoms with Crippen LogP contribution in [0, 0.1) is 46.3 Å². The van der Waals surface area contributed by atoms with E-state index >= 15 is 0 Å². The van der Waals surface area contributed by atoms with E-state index in [9.17, 15) is 15.0 Å². The van der Waals surface area contributed by atoms with Crippen LogP contribution in [0.5, 0.6) is 5.75 Å². The zero-order chi connectivity index (χ0) is 27.1. The van der Waals surface area contributed by atoms with E-state index in [-0.39, 0.29) is 28.9 Å². The van der Waals surface area contributed by atoms with Crippen LogP contribution in [0.2, 0.25) is 0 Å². The summed E-state index contributed by atoms with van der Waals surface area (Å²) in [6.07, 6.45) is 10.6. The van der Waals surface area contributed by atoms with Crippen molar-refractivity contribution in [2.45, 2.75) is 104 Å². The number of methoxy groups -OCH3 is 1. The predicted molar refractivity (Wildman–Crippen MR) is 151 cm³/mol. The highest BCUT2D eigenvalue weighted by atomic mass is 16.5. The zero-order valence-electron chi connectivity index (χ0n) is 24.1. The minimum atomic E-state index is -0.226. The number of aliphatic hydroxyl groups is 2. The van der Waals surface area contributed by atoms with Gasteiger partial charge < -0.3 is 20.3 Å². The number of para-hydroxylation sites is 1. The average Bonchev–Trinajstić information content (AvgIpc) is 3.26. The van der Waals surface area contributed by atoms with E-state index < -0.39 is 0 Å². The molecule has 5 heteroatoms. The standard InChI is InChI=1S/C33H51NO4/c1-21(9-12-30(37)34-18-15-22-7-5-6-8-29(22)38-4)25-10-11-26-31-27(14-17-33(25,26)3)32(2)16-13-24(35)19-23(32)20-28(31)36/h5-8,21,23-28,31,35-36H,9-20H2,1-4H3,(H,34,37)/t21-,23+,24-,25-,26+,27+,28+,31+,32+,33-/m1/s1. The fourth-order valence-corrected chi connectivity index (χ4v) is 10.1. The number of fused-ring (bicyclic) bond motifs is 5. The topological polar surface area (TPSA) is 78.8 Å². The lowest BCUT2D eigenvalue weighted by molar-refractivity contribution is -0.174. The number of nitrogens with one attached hydrogen (secondary N) is 1. The largest absolute Gasteiger partial charge is 0.496 e. The van der Waals surface area contributed by atoms with Gasteiger partial charge >= 0.3 is 0 Å². The molecule has 1 amide bonds. The van der Waals surface area contributed by atoms with Gasteiger partial charge in [0.2, 0.25) is 5.91 Å². The summed E-state index contributed by atoms with van der Waals surface area (Å²) in [4.78, 5) is 12.7. The predicted octanol–water partition coefficient (Wildman–Crippen LogP) is 5.76. The Bertz CT molecular complexity index is 981. The lowest BCUT2D eigenvalue weighted by atomic mass is 9.43. The summed E-state index contributed by atoms with van der Waals surface area (Å²) in [7, 11) is 1.69. The van der Waals surface area contributed by atoms with Crippen LogP contribution in [-0.2, 0) is 11.2 Å². The minimum absolute atomic E-state index is 0.149. The molecular formula is C33H51NO4. The summed E-state index contributed by atoms with van der Waals surface area (Å²) >= 11 is 0. The van der Waals surface area contributed by atoms with Crippen molar-refractivity contribution in [3.63, 3.8) is 0 Å². The number of rotatable bonds is 8. The van der Waals surface area contributed by atoms with Crippen LogP contribution < -0.4 is 10.1 Å². The van der Waals surface area contributed by atoms with Gasteiger partial charge in [-0.2, -0.15) is 0 Å². The minimum Gasteiger partial charge on any atom is -0.496 e. The highest BCUT2D eigenvalue weighted by Crippen LogP contribution is 2.68. The number of hydrogen-bond acceptors (Lipinski definition) is 4. The summed E-state index contributed by atoms with van der Waals surface area (Å²) in [6, 6.07) is 8.00. The summed E-state index contributed by atoms with van der Waals surface area (Å²) in [5, 5.41) is 24.9. The molecule has 0 radical (unpaired) electrons. The third kappa shape index (κ3) is 5.03. The average molecular weight is 526 g/mol. The highest BCUT2D eigenvalue weighted by Gasteiger charge is 2.62. The Morgan fingerprint density at radius 1 is 1.05 bits per heavy atom. The van der Waals surface area contributed by atoms with Crippen LogP contribution in [0.3, 0.4) is 0 Å². The van der Waals surface area contributed by atoms with Gasteiger partial charge in [0.25, 0.3) is 0 Å². The molecule has 0 saturated heterocycles. The number of amides is 1. The van der Waals surface area contributed by atoms with Gasteiger partial charge in [0.15, 0.2) is 0 Å². The second kappa shape index (κ2) is 11.1. The first-order valence-corrected chi connectivity index (χ1v) is 15.4. The molecule has 1 aromatic carbocycles. The number of ether oxygens (including phenoxy) is 1. The van der Waals surface area contributed by atoms with Crippen LogP contribution in [0.25, 0.3) is 0 Å². The summed E-state index contributed by atoms with van der Waals surface area (Å²) in [5.74, 6) is 4.20. The molecule has 4 fully saturated rings.